The van der Waals surface area contributed by atoms with Crippen molar-refractivity contribution in [3.05, 3.63) is 21.7 Å². The van der Waals surface area contributed by atoms with Crippen LogP contribution in [0, 0.1) is 12.3 Å². The molecule has 1 atom stereocenters. The van der Waals surface area contributed by atoms with E-state index in [-0.39, 0.29) is 16.6 Å². The van der Waals surface area contributed by atoms with Crippen molar-refractivity contribution in [2.45, 2.75) is 19.4 Å². The molecule has 0 saturated heterocycles. The number of aromatic nitrogens is 2. The Bertz CT molecular complexity index is 407. The van der Waals surface area contributed by atoms with Crippen LogP contribution in [-0.4, -0.2) is 16.0 Å². The molecule has 0 fully saturated rings. The van der Waals surface area contributed by atoms with Gasteiger partial charge in [-0.25, -0.2) is 4.98 Å². The number of rotatable bonds is 3. The quantitative estimate of drug-likeness (QED) is 0.740. The normalized spacial score (nSPS) is 11.8. The Morgan fingerprint density at radius 1 is 1.86 bits per heavy atom. The number of halogens is 1. The molecule has 0 amide bonds. The molecule has 0 aliphatic carbocycles. The average Bonchev–Trinajstić information content (AvgIpc) is 2.20. The minimum atomic E-state index is -0.379. The summed E-state index contributed by atoms with van der Waals surface area (Å²) in [7, 11) is 0. The van der Waals surface area contributed by atoms with Crippen LogP contribution in [0.2, 0.25) is 5.02 Å². The van der Waals surface area contributed by atoms with E-state index < -0.39 is 0 Å². The lowest BCUT2D eigenvalue weighted by Crippen LogP contribution is -2.19. The van der Waals surface area contributed by atoms with Gasteiger partial charge in [-0.05, 0) is 6.42 Å². The van der Waals surface area contributed by atoms with Crippen LogP contribution in [0.15, 0.2) is 11.1 Å². The number of hydrogen-bond donors (Lipinski definition) is 2. The lowest BCUT2D eigenvalue weighted by atomic mass is 10.2. The van der Waals surface area contributed by atoms with Gasteiger partial charge in [0.05, 0.1) is 12.4 Å². The summed E-state index contributed by atoms with van der Waals surface area (Å²) in [5.41, 5.74) is -0.379. The zero-order valence-corrected chi connectivity index (χ0v) is 8.43. The largest absolute Gasteiger partial charge is 0.355 e. The highest BCUT2D eigenvalue weighted by atomic mass is 35.5. The maximum absolute atomic E-state index is 11.1. The smallest absolute Gasteiger partial charge is 0.271 e. The Labute approximate surface area is 86.7 Å². The van der Waals surface area contributed by atoms with Gasteiger partial charge in [0.2, 0.25) is 0 Å². The summed E-state index contributed by atoms with van der Waals surface area (Å²) in [4.78, 5) is 17.3. The number of anilines is 1. The fourth-order valence-electron chi connectivity index (χ4n) is 0.910. The van der Waals surface area contributed by atoms with E-state index in [0.29, 0.717) is 5.82 Å². The molecule has 1 rings (SSSR count). The van der Waals surface area contributed by atoms with Gasteiger partial charge in [0.15, 0.2) is 5.82 Å². The molecule has 0 aromatic carbocycles. The second kappa shape index (κ2) is 4.68. The molecule has 74 valence electrons. The fraction of sp³-hybridized carbons (Fsp3) is 0.333. The lowest BCUT2D eigenvalue weighted by molar-refractivity contribution is 0.848. The summed E-state index contributed by atoms with van der Waals surface area (Å²) < 4.78 is 0. The second-order valence-electron chi connectivity index (χ2n) is 2.67. The highest BCUT2D eigenvalue weighted by Crippen LogP contribution is 2.13. The molecule has 1 aromatic rings. The van der Waals surface area contributed by atoms with Crippen molar-refractivity contribution in [3.8, 4) is 12.3 Å². The number of nitrogens with zero attached hydrogens (tertiary/aromatic N) is 1. The predicted octanol–water partition coefficient (Wildman–Crippen LogP) is 1.25. The maximum atomic E-state index is 11.1. The molecule has 4 nitrogen and oxygen atoms in total. The molecule has 0 saturated carbocycles. The highest BCUT2D eigenvalue weighted by Gasteiger charge is 2.08. The zero-order valence-electron chi connectivity index (χ0n) is 7.67. The van der Waals surface area contributed by atoms with Crippen molar-refractivity contribution < 1.29 is 0 Å². The van der Waals surface area contributed by atoms with Crippen molar-refractivity contribution in [1.29, 1.82) is 0 Å². The van der Waals surface area contributed by atoms with Gasteiger partial charge < -0.3 is 10.3 Å². The van der Waals surface area contributed by atoms with E-state index in [2.05, 4.69) is 21.2 Å². The molecule has 0 bridgehead atoms. The Morgan fingerprint density at radius 2 is 2.57 bits per heavy atom. The molecule has 0 aliphatic heterocycles. The maximum Gasteiger partial charge on any atom is 0.271 e. The van der Waals surface area contributed by atoms with Gasteiger partial charge in [-0.15, -0.1) is 6.42 Å². The number of hydrogen-bond acceptors (Lipinski definition) is 3. The van der Waals surface area contributed by atoms with Crippen molar-refractivity contribution in [2.24, 2.45) is 0 Å². The average molecular weight is 212 g/mol. The third-order valence-electron chi connectivity index (χ3n) is 1.72. The molecule has 0 spiro atoms. The van der Waals surface area contributed by atoms with E-state index in [1.807, 2.05) is 6.92 Å². The first-order valence-electron chi connectivity index (χ1n) is 4.14. The van der Waals surface area contributed by atoms with E-state index >= 15 is 0 Å². The van der Waals surface area contributed by atoms with Gasteiger partial charge >= 0.3 is 0 Å². The van der Waals surface area contributed by atoms with Crippen LogP contribution >= 0.6 is 11.6 Å². The molecular formula is C9H10ClN3O. The standard InChI is InChI=1S/C9H10ClN3O/c1-3-6(4-2)13-8-7(10)9(14)12-5-11-8/h1,5-6H,4H2,2H3,(H2,11,12,13,14). The van der Waals surface area contributed by atoms with Crippen molar-refractivity contribution in [2.75, 3.05) is 5.32 Å². The molecule has 0 aliphatic rings. The topological polar surface area (TPSA) is 57.8 Å². The van der Waals surface area contributed by atoms with Crippen LogP contribution in [0.25, 0.3) is 0 Å². The van der Waals surface area contributed by atoms with Crippen LogP contribution in [0.4, 0.5) is 5.82 Å². The Kier molecular flexibility index (Phi) is 3.55. The van der Waals surface area contributed by atoms with Gasteiger partial charge in [0, 0.05) is 0 Å². The summed E-state index contributed by atoms with van der Waals surface area (Å²) in [6.45, 7) is 1.93. The van der Waals surface area contributed by atoms with E-state index in [9.17, 15) is 4.79 Å². The third kappa shape index (κ3) is 2.27. The minimum Gasteiger partial charge on any atom is -0.355 e. The summed E-state index contributed by atoms with van der Waals surface area (Å²) in [6.07, 6.45) is 7.26. The zero-order chi connectivity index (χ0) is 10.6. The molecule has 14 heavy (non-hydrogen) atoms. The highest BCUT2D eigenvalue weighted by molar-refractivity contribution is 6.32. The molecular weight excluding hydrogens is 202 g/mol. The first-order valence-corrected chi connectivity index (χ1v) is 4.52. The van der Waals surface area contributed by atoms with Gasteiger partial charge in [-0.1, -0.05) is 24.4 Å². The van der Waals surface area contributed by atoms with Gasteiger partial charge in [0.1, 0.15) is 5.02 Å². The molecule has 1 heterocycles. The molecule has 0 radical (unpaired) electrons. The summed E-state index contributed by atoms with van der Waals surface area (Å²) >= 11 is 5.71. The van der Waals surface area contributed by atoms with E-state index in [1.54, 1.807) is 0 Å². The molecule has 1 aromatic heterocycles. The van der Waals surface area contributed by atoms with Crippen LogP contribution in [0.3, 0.4) is 0 Å². The second-order valence-corrected chi connectivity index (χ2v) is 3.04. The minimum absolute atomic E-state index is 0.0289. The van der Waals surface area contributed by atoms with Crippen LogP contribution in [-0.2, 0) is 0 Å². The van der Waals surface area contributed by atoms with Crippen molar-refractivity contribution in [1.82, 2.24) is 9.97 Å². The van der Waals surface area contributed by atoms with Gasteiger partial charge in [0.25, 0.3) is 5.56 Å². The van der Waals surface area contributed by atoms with Gasteiger partial charge in [-0.2, -0.15) is 0 Å². The Hall–Kier alpha value is -1.47. The number of terminal acetylenes is 1. The van der Waals surface area contributed by atoms with Crippen LogP contribution < -0.4 is 10.9 Å². The van der Waals surface area contributed by atoms with Gasteiger partial charge in [-0.3, -0.25) is 4.79 Å². The summed E-state index contributed by atoms with van der Waals surface area (Å²) in [5, 5.41) is 2.92. The fourth-order valence-corrected chi connectivity index (χ4v) is 1.07. The summed E-state index contributed by atoms with van der Waals surface area (Å²) in [6, 6.07) is -0.165. The first-order chi connectivity index (χ1) is 6.69. The van der Waals surface area contributed by atoms with Crippen LogP contribution in [0.1, 0.15) is 13.3 Å². The van der Waals surface area contributed by atoms with E-state index in [4.69, 9.17) is 18.0 Å². The SMILES string of the molecule is C#CC(CC)Nc1nc[nH]c(=O)c1Cl. The van der Waals surface area contributed by atoms with E-state index in [1.165, 1.54) is 6.33 Å². The third-order valence-corrected chi connectivity index (χ3v) is 2.07. The number of H-pyrrole nitrogens is 1. The van der Waals surface area contributed by atoms with E-state index in [0.717, 1.165) is 6.42 Å². The monoisotopic (exact) mass is 211 g/mol. The lowest BCUT2D eigenvalue weighted by Gasteiger charge is -2.11. The van der Waals surface area contributed by atoms with Crippen LogP contribution in [0.5, 0.6) is 0 Å². The Morgan fingerprint density at radius 3 is 3.14 bits per heavy atom. The van der Waals surface area contributed by atoms with Crippen molar-refractivity contribution in [3.63, 3.8) is 0 Å². The van der Waals surface area contributed by atoms with Crippen molar-refractivity contribution >= 4 is 17.4 Å². The Balaban J connectivity index is 2.93. The summed E-state index contributed by atoms with van der Waals surface area (Å²) in [5.74, 6) is 2.84. The molecule has 2 N–H and O–H groups in total. The first kappa shape index (κ1) is 10.6. The number of aromatic amines is 1. The predicted molar refractivity (Wildman–Crippen MR) is 56.4 cm³/mol. The number of nitrogens with one attached hydrogen (secondary N) is 2. The molecule has 5 heteroatoms. The molecule has 1 unspecified atom stereocenters.